The lowest BCUT2D eigenvalue weighted by molar-refractivity contribution is -0.126. The van der Waals surface area contributed by atoms with Crippen molar-refractivity contribution in [3.05, 3.63) is 58.6 Å². The summed E-state index contributed by atoms with van der Waals surface area (Å²) in [6, 6.07) is 12.3. The fourth-order valence-corrected chi connectivity index (χ4v) is 5.36. The van der Waals surface area contributed by atoms with Gasteiger partial charge in [0, 0.05) is 19.6 Å². The third kappa shape index (κ3) is 5.10. The minimum Gasteiger partial charge on any atom is -0.495 e. The Morgan fingerprint density at radius 3 is 2.76 bits per heavy atom. The number of halogens is 1. The number of hydrogen-bond acceptors (Lipinski definition) is 4. The van der Waals surface area contributed by atoms with Gasteiger partial charge in [-0.1, -0.05) is 41.4 Å². The van der Waals surface area contributed by atoms with Crippen LogP contribution in [0.4, 0.5) is 0 Å². The first-order valence-electron chi connectivity index (χ1n) is 9.48. The van der Waals surface area contributed by atoms with Gasteiger partial charge in [0.05, 0.1) is 22.9 Å². The van der Waals surface area contributed by atoms with Crippen molar-refractivity contribution in [2.24, 2.45) is 5.92 Å². The fraction of sp³-hybridized carbons (Fsp3) is 0.381. The fourth-order valence-electron chi connectivity index (χ4n) is 3.49. The van der Waals surface area contributed by atoms with Crippen molar-refractivity contribution >= 4 is 27.5 Å². The normalized spacial score (nSPS) is 17.7. The number of methoxy groups -OCH3 is 1. The molecule has 2 aromatic carbocycles. The molecular formula is C21H25ClN2O4S. The molecule has 0 unspecified atom stereocenters. The Morgan fingerprint density at radius 2 is 2.07 bits per heavy atom. The third-order valence-corrected chi connectivity index (χ3v) is 7.22. The van der Waals surface area contributed by atoms with Crippen LogP contribution in [-0.2, 0) is 21.4 Å². The first kappa shape index (κ1) is 21.6. The first-order valence-corrected chi connectivity index (χ1v) is 11.3. The number of benzene rings is 2. The highest BCUT2D eigenvalue weighted by Gasteiger charge is 2.33. The number of carbonyl (C=O) groups is 1. The highest BCUT2D eigenvalue weighted by atomic mass is 35.5. The van der Waals surface area contributed by atoms with E-state index in [9.17, 15) is 13.2 Å². The van der Waals surface area contributed by atoms with Gasteiger partial charge in [0.25, 0.3) is 0 Å². The lowest BCUT2D eigenvalue weighted by Gasteiger charge is -2.31. The second kappa shape index (κ2) is 9.15. The minimum absolute atomic E-state index is 0.101. The molecule has 1 aliphatic rings. The average Bonchev–Trinajstić information content (AvgIpc) is 2.72. The molecule has 1 saturated heterocycles. The van der Waals surface area contributed by atoms with E-state index < -0.39 is 10.0 Å². The van der Waals surface area contributed by atoms with Crippen LogP contribution < -0.4 is 10.1 Å². The predicted molar refractivity (Wildman–Crippen MR) is 113 cm³/mol. The van der Waals surface area contributed by atoms with Gasteiger partial charge < -0.3 is 10.1 Å². The number of ether oxygens (including phenoxy) is 1. The van der Waals surface area contributed by atoms with E-state index in [4.69, 9.17) is 16.3 Å². The van der Waals surface area contributed by atoms with Crippen LogP contribution in [0.15, 0.2) is 47.4 Å². The zero-order valence-corrected chi connectivity index (χ0v) is 18.1. The molecule has 6 nitrogen and oxygen atoms in total. The van der Waals surface area contributed by atoms with Gasteiger partial charge in [0.15, 0.2) is 0 Å². The van der Waals surface area contributed by atoms with Crippen molar-refractivity contribution in [3.63, 3.8) is 0 Å². The Bertz CT molecular complexity index is 994. The topological polar surface area (TPSA) is 75.7 Å². The molecule has 0 bridgehead atoms. The quantitative estimate of drug-likeness (QED) is 0.753. The summed E-state index contributed by atoms with van der Waals surface area (Å²) in [5, 5.41) is 3.17. The maximum absolute atomic E-state index is 13.0. The van der Waals surface area contributed by atoms with Crippen LogP contribution in [0.3, 0.4) is 0 Å². The second-order valence-corrected chi connectivity index (χ2v) is 9.55. The van der Waals surface area contributed by atoms with Crippen molar-refractivity contribution in [3.8, 4) is 5.75 Å². The van der Waals surface area contributed by atoms with E-state index >= 15 is 0 Å². The molecule has 1 amide bonds. The number of nitrogens with zero attached hydrogens (tertiary/aromatic N) is 1. The van der Waals surface area contributed by atoms with Crippen LogP contribution >= 0.6 is 11.6 Å². The monoisotopic (exact) mass is 436 g/mol. The van der Waals surface area contributed by atoms with Crippen LogP contribution in [-0.4, -0.2) is 38.8 Å². The maximum Gasteiger partial charge on any atom is 0.243 e. The Kier molecular flexibility index (Phi) is 6.82. The smallest absolute Gasteiger partial charge is 0.243 e. The Labute approximate surface area is 176 Å². The number of aryl methyl sites for hydroxylation is 1. The lowest BCUT2D eigenvalue weighted by Crippen LogP contribution is -2.45. The van der Waals surface area contributed by atoms with Crippen molar-refractivity contribution in [1.82, 2.24) is 9.62 Å². The summed E-state index contributed by atoms with van der Waals surface area (Å²) in [5.41, 5.74) is 2.15. The molecule has 1 heterocycles. The molecule has 0 saturated carbocycles. The number of amides is 1. The summed E-state index contributed by atoms with van der Waals surface area (Å²) >= 11 is 6.09. The Balaban J connectivity index is 1.67. The molecule has 1 N–H and O–H groups in total. The van der Waals surface area contributed by atoms with E-state index in [1.54, 1.807) is 0 Å². The highest BCUT2D eigenvalue weighted by Crippen LogP contribution is 2.30. The lowest BCUT2D eigenvalue weighted by atomic mass is 9.98. The molecule has 0 radical (unpaired) electrons. The molecular weight excluding hydrogens is 412 g/mol. The van der Waals surface area contributed by atoms with Gasteiger partial charge >= 0.3 is 0 Å². The summed E-state index contributed by atoms with van der Waals surface area (Å²) in [4.78, 5) is 12.7. The number of nitrogens with one attached hydrogen (secondary N) is 1. The number of piperidine rings is 1. The van der Waals surface area contributed by atoms with E-state index in [1.165, 1.54) is 29.6 Å². The van der Waals surface area contributed by atoms with Crippen molar-refractivity contribution in [2.75, 3.05) is 20.2 Å². The molecule has 1 fully saturated rings. The molecule has 156 valence electrons. The summed E-state index contributed by atoms with van der Waals surface area (Å²) < 4.78 is 32.5. The SMILES string of the molecule is COc1ccc(S(=O)(=O)N2CCC[C@@H](C(=O)NCc3cccc(C)c3)C2)cc1Cl. The summed E-state index contributed by atoms with van der Waals surface area (Å²) in [6.45, 7) is 2.97. The minimum atomic E-state index is -3.74. The Morgan fingerprint density at radius 1 is 1.28 bits per heavy atom. The van der Waals surface area contributed by atoms with E-state index in [2.05, 4.69) is 5.32 Å². The summed E-state index contributed by atoms with van der Waals surface area (Å²) in [6.07, 6.45) is 1.29. The van der Waals surface area contributed by atoms with Crippen molar-refractivity contribution in [2.45, 2.75) is 31.2 Å². The van der Waals surface area contributed by atoms with Crippen molar-refractivity contribution < 1.29 is 17.9 Å². The van der Waals surface area contributed by atoms with E-state index in [-0.39, 0.29) is 28.3 Å². The standard InChI is InChI=1S/C21H25ClN2O4S/c1-15-5-3-6-16(11-15)13-23-21(25)17-7-4-10-24(14-17)29(26,27)18-8-9-20(28-2)19(22)12-18/h3,5-6,8-9,11-12,17H,4,7,10,13-14H2,1-2H3,(H,23,25)/t17-/m1/s1. The van der Waals surface area contributed by atoms with Crippen LogP contribution in [0.2, 0.25) is 5.02 Å². The molecule has 1 atom stereocenters. The van der Waals surface area contributed by atoms with Crippen LogP contribution in [0.25, 0.3) is 0 Å². The van der Waals surface area contributed by atoms with E-state index in [0.717, 1.165) is 11.1 Å². The molecule has 29 heavy (non-hydrogen) atoms. The first-order chi connectivity index (χ1) is 13.8. The second-order valence-electron chi connectivity index (χ2n) is 7.21. The van der Waals surface area contributed by atoms with E-state index in [0.29, 0.717) is 31.7 Å². The predicted octanol–water partition coefficient (Wildman–Crippen LogP) is 3.37. The van der Waals surface area contributed by atoms with E-state index in [1.807, 2.05) is 31.2 Å². The number of rotatable bonds is 6. The molecule has 8 heteroatoms. The maximum atomic E-state index is 13.0. The molecule has 2 aromatic rings. The van der Waals surface area contributed by atoms with Gasteiger partial charge in [-0.15, -0.1) is 0 Å². The van der Waals surface area contributed by atoms with Gasteiger partial charge in [-0.05, 0) is 43.5 Å². The average molecular weight is 437 g/mol. The summed E-state index contributed by atoms with van der Waals surface area (Å²) in [7, 11) is -2.26. The molecule has 0 aliphatic carbocycles. The Hall–Kier alpha value is -2.09. The number of hydrogen-bond donors (Lipinski definition) is 1. The molecule has 0 spiro atoms. The highest BCUT2D eigenvalue weighted by molar-refractivity contribution is 7.89. The molecule has 3 rings (SSSR count). The van der Waals surface area contributed by atoms with Gasteiger partial charge in [-0.3, -0.25) is 4.79 Å². The zero-order valence-electron chi connectivity index (χ0n) is 16.5. The van der Waals surface area contributed by atoms with Gasteiger partial charge in [0.2, 0.25) is 15.9 Å². The number of sulfonamides is 1. The van der Waals surface area contributed by atoms with Gasteiger partial charge in [0.1, 0.15) is 5.75 Å². The van der Waals surface area contributed by atoms with Crippen LogP contribution in [0.5, 0.6) is 5.75 Å². The summed E-state index contributed by atoms with van der Waals surface area (Å²) in [5.74, 6) is -0.0890. The van der Waals surface area contributed by atoms with Crippen LogP contribution in [0, 0.1) is 12.8 Å². The zero-order chi connectivity index (χ0) is 21.0. The molecule has 0 aromatic heterocycles. The van der Waals surface area contributed by atoms with Gasteiger partial charge in [-0.25, -0.2) is 8.42 Å². The third-order valence-electron chi connectivity index (χ3n) is 5.07. The largest absolute Gasteiger partial charge is 0.495 e. The van der Waals surface area contributed by atoms with Gasteiger partial charge in [-0.2, -0.15) is 4.31 Å². The molecule has 1 aliphatic heterocycles. The van der Waals surface area contributed by atoms with Crippen molar-refractivity contribution in [1.29, 1.82) is 0 Å². The number of carbonyl (C=O) groups excluding carboxylic acids is 1. The van der Waals surface area contributed by atoms with Crippen LogP contribution in [0.1, 0.15) is 24.0 Å².